The average molecular weight is 244 g/mol. The molecule has 0 unspecified atom stereocenters. The minimum absolute atomic E-state index is 0.0588. The number of hydrogen-bond acceptors (Lipinski definition) is 6. The second-order valence-corrected chi connectivity index (χ2v) is 3.58. The Balaban J connectivity index is 3.88. The predicted molar refractivity (Wildman–Crippen MR) is 58.0 cm³/mol. The molecule has 0 aromatic carbocycles. The zero-order chi connectivity index (χ0) is 13.3. The van der Waals surface area contributed by atoms with Gasteiger partial charge in [0.15, 0.2) is 0 Å². The Morgan fingerprint density at radius 3 is 2.47 bits per heavy atom. The van der Waals surface area contributed by atoms with E-state index in [9.17, 15) is 14.4 Å². The molecule has 0 rings (SSSR count). The molecule has 0 saturated carbocycles. The zero-order valence-electron chi connectivity index (χ0n) is 9.93. The van der Waals surface area contributed by atoms with Gasteiger partial charge in [-0.3, -0.25) is 9.59 Å². The lowest BCUT2D eigenvalue weighted by Gasteiger charge is -2.19. The van der Waals surface area contributed by atoms with Gasteiger partial charge in [-0.05, 0) is 13.8 Å². The SMILES string of the molecule is C=CCOC(=O)CCOC(=O)C(C)(C)OC=O. The summed E-state index contributed by atoms with van der Waals surface area (Å²) in [6, 6.07) is 0. The number of carbonyl (C=O) groups excluding carboxylic acids is 3. The van der Waals surface area contributed by atoms with Crippen LogP contribution in [0.5, 0.6) is 0 Å². The molecule has 0 saturated heterocycles. The summed E-state index contributed by atoms with van der Waals surface area (Å²) >= 11 is 0. The quantitative estimate of drug-likeness (QED) is 0.269. The molecule has 17 heavy (non-hydrogen) atoms. The summed E-state index contributed by atoms with van der Waals surface area (Å²) in [6.45, 7) is 6.32. The van der Waals surface area contributed by atoms with Crippen molar-refractivity contribution in [2.45, 2.75) is 25.9 Å². The van der Waals surface area contributed by atoms with Gasteiger partial charge in [-0.25, -0.2) is 4.79 Å². The first kappa shape index (κ1) is 15.2. The van der Waals surface area contributed by atoms with Gasteiger partial charge in [-0.1, -0.05) is 12.7 Å². The fourth-order valence-electron chi connectivity index (χ4n) is 0.793. The van der Waals surface area contributed by atoms with Crippen molar-refractivity contribution in [2.24, 2.45) is 0 Å². The minimum Gasteiger partial charge on any atom is -0.462 e. The molecule has 0 aliphatic heterocycles. The predicted octanol–water partition coefficient (Wildman–Crippen LogP) is 0.600. The third kappa shape index (κ3) is 6.34. The third-order valence-electron chi connectivity index (χ3n) is 1.74. The van der Waals surface area contributed by atoms with Gasteiger partial charge in [0.25, 0.3) is 6.47 Å². The van der Waals surface area contributed by atoms with Crippen molar-refractivity contribution in [2.75, 3.05) is 13.2 Å². The van der Waals surface area contributed by atoms with Crippen LogP contribution in [0.2, 0.25) is 0 Å². The van der Waals surface area contributed by atoms with E-state index in [1.807, 2.05) is 0 Å². The first-order valence-electron chi connectivity index (χ1n) is 4.99. The molecule has 0 atom stereocenters. The molecule has 6 heteroatoms. The molecular formula is C11H16O6. The molecule has 0 aliphatic rings. The van der Waals surface area contributed by atoms with E-state index >= 15 is 0 Å². The molecular weight excluding hydrogens is 228 g/mol. The maximum Gasteiger partial charge on any atom is 0.350 e. The van der Waals surface area contributed by atoms with Crippen molar-refractivity contribution >= 4 is 18.4 Å². The number of ether oxygens (including phenoxy) is 3. The van der Waals surface area contributed by atoms with E-state index in [0.29, 0.717) is 0 Å². The highest BCUT2D eigenvalue weighted by Gasteiger charge is 2.31. The van der Waals surface area contributed by atoms with Gasteiger partial charge < -0.3 is 14.2 Å². The fraction of sp³-hybridized carbons (Fsp3) is 0.545. The van der Waals surface area contributed by atoms with Crippen molar-refractivity contribution in [3.05, 3.63) is 12.7 Å². The Kier molecular flexibility index (Phi) is 6.62. The molecule has 0 spiro atoms. The van der Waals surface area contributed by atoms with Crippen LogP contribution in [-0.2, 0) is 28.6 Å². The molecule has 0 N–H and O–H groups in total. The molecule has 0 amide bonds. The van der Waals surface area contributed by atoms with E-state index < -0.39 is 17.5 Å². The molecule has 96 valence electrons. The van der Waals surface area contributed by atoms with E-state index in [2.05, 4.69) is 16.1 Å². The smallest absolute Gasteiger partial charge is 0.350 e. The lowest BCUT2D eigenvalue weighted by molar-refractivity contribution is -0.172. The molecule has 0 bridgehead atoms. The van der Waals surface area contributed by atoms with Crippen LogP contribution in [0.4, 0.5) is 0 Å². The van der Waals surface area contributed by atoms with Gasteiger partial charge in [0, 0.05) is 0 Å². The lowest BCUT2D eigenvalue weighted by Crippen LogP contribution is -2.36. The van der Waals surface area contributed by atoms with Gasteiger partial charge in [-0.15, -0.1) is 0 Å². The molecule has 0 aromatic heterocycles. The van der Waals surface area contributed by atoms with Crippen molar-refractivity contribution in [3.63, 3.8) is 0 Å². The average Bonchev–Trinajstić information content (AvgIpc) is 2.26. The summed E-state index contributed by atoms with van der Waals surface area (Å²) in [7, 11) is 0. The largest absolute Gasteiger partial charge is 0.462 e. The van der Waals surface area contributed by atoms with Gasteiger partial charge in [-0.2, -0.15) is 0 Å². The van der Waals surface area contributed by atoms with Crippen LogP contribution < -0.4 is 0 Å². The van der Waals surface area contributed by atoms with Crippen LogP contribution >= 0.6 is 0 Å². The maximum atomic E-state index is 11.4. The van der Waals surface area contributed by atoms with Crippen LogP contribution in [0.3, 0.4) is 0 Å². The Morgan fingerprint density at radius 1 is 1.29 bits per heavy atom. The summed E-state index contributed by atoms with van der Waals surface area (Å²) in [5.74, 6) is -1.21. The molecule has 0 aromatic rings. The van der Waals surface area contributed by atoms with Crippen LogP contribution in [0, 0.1) is 0 Å². The molecule has 0 heterocycles. The van der Waals surface area contributed by atoms with Crippen molar-refractivity contribution < 1.29 is 28.6 Å². The third-order valence-corrected chi connectivity index (χ3v) is 1.74. The minimum atomic E-state index is -1.35. The monoisotopic (exact) mass is 244 g/mol. The van der Waals surface area contributed by atoms with Crippen molar-refractivity contribution in [1.29, 1.82) is 0 Å². The highest BCUT2D eigenvalue weighted by atomic mass is 16.6. The summed E-state index contributed by atoms with van der Waals surface area (Å²) in [5, 5.41) is 0. The van der Waals surface area contributed by atoms with Gasteiger partial charge >= 0.3 is 11.9 Å². The highest BCUT2D eigenvalue weighted by molar-refractivity contribution is 5.80. The zero-order valence-corrected chi connectivity index (χ0v) is 9.93. The summed E-state index contributed by atoms with van der Waals surface area (Å²) in [5.41, 5.74) is -1.35. The second kappa shape index (κ2) is 7.43. The first-order chi connectivity index (χ1) is 7.94. The number of esters is 2. The van der Waals surface area contributed by atoms with Gasteiger partial charge in [0.05, 0.1) is 6.42 Å². The molecule has 0 fully saturated rings. The lowest BCUT2D eigenvalue weighted by atomic mass is 10.1. The van der Waals surface area contributed by atoms with Crippen LogP contribution in [0.1, 0.15) is 20.3 Å². The molecule has 0 aliphatic carbocycles. The van der Waals surface area contributed by atoms with E-state index in [0.717, 1.165) is 0 Å². The van der Waals surface area contributed by atoms with E-state index in [-0.39, 0.29) is 26.1 Å². The molecule has 0 radical (unpaired) electrons. The Morgan fingerprint density at radius 2 is 1.94 bits per heavy atom. The van der Waals surface area contributed by atoms with Crippen LogP contribution in [0.15, 0.2) is 12.7 Å². The van der Waals surface area contributed by atoms with Crippen LogP contribution in [-0.4, -0.2) is 37.2 Å². The Labute approximate surface area is 99.5 Å². The highest BCUT2D eigenvalue weighted by Crippen LogP contribution is 2.10. The second-order valence-electron chi connectivity index (χ2n) is 3.58. The molecule has 6 nitrogen and oxygen atoms in total. The summed E-state index contributed by atoms with van der Waals surface area (Å²) in [6.07, 6.45) is 1.38. The van der Waals surface area contributed by atoms with E-state index in [1.165, 1.54) is 19.9 Å². The number of rotatable bonds is 8. The van der Waals surface area contributed by atoms with Crippen molar-refractivity contribution in [1.82, 2.24) is 0 Å². The summed E-state index contributed by atoms with van der Waals surface area (Å²) < 4.78 is 14.0. The number of hydrogen-bond donors (Lipinski definition) is 0. The van der Waals surface area contributed by atoms with Gasteiger partial charge in [0.2, 0.25) is 5.60 Å². The summed E-state index contributed by atoms with van der Waals surface area (Å²) in [4.78, 5) is 32.5. The number of carbonyl (C=O) groups is 3. The maximum absolute atomic E-state index is 11.4. The Hall–Kier alpha value is -1.85. The van der Waals surface area contributed by atoms with Crippen molar-refractivity contribution in [3.8, 4) is 0 Å². The van der Waals surface area contributed by atoms with Crippen LogP contribution in [0.25, 0.3) is 0 Å². The van der Waals surface area contributed by atoms with Gasteiger partial charge in [0.1, 0.15) is 13.2 Å². The first-order valence-corrected chi connectivity index (χ1v) is 4.99. The van der Waals surface area contributed by atoms with E-state index in [4.69, 9.17) is 4.74 Å². The standard InChI is InChI=1S/C11H16O6/c1-4-6-15-9(13)5-7-16-10(14)11(2,3)17-8-12/h4,8H,1,5-7H2,2-3H3. The Bertz CT molecular complexity index is 294. The topological polar surface area (TPSA) is 78.9 Å². The van der Waals surface area contributed by atoms with E-state index in [1.54, 1.807) is 0 Å². The fourth-order valence-corrected chi connectivity index (χ4v) is 0.793. The normalized spacial score (nSPS) is 10.2.